The molecule has 1 aliphatic heterocycles. The average Bonchev–Trinajstić information content (AvgIpc) is 2.44. The molecule has 6 heteroatoms. The molecule has 0 aliphatic carbocycles. The number of carbonyl (C=O) groups excluding carboxylic acids is 1. The fraction of sp³-hybridized carbons (Fsp3) is 0.857. The number of nitrogens with zero attached hydrogens (tertiary/aromatic N) is 1. The first kappa shape index (κ1) is 16.8. The van der Waals surface area contributed by atoms with Crippen molar-refractivity contribution in [2.75, 3.05) is 33.4 Å². The van der Waals surface area contributed by atoms with Crippen LogP contribution in [0.2, 0.25) is 0 Å². The maximum atomic E-state index is 11.9. The minimum atomic E-state index is -0.723. The largest absolute Gasteiger partial charge is 0.481 e. The van der Waals surface area contributed by atoms with Crippen molar-refractivity contribution in [3.05, 3.63) is 0 Å². The number of piperidine rings is 1. The summed E-state index contributed by atoms with van der Waals surface area (Å²) in [5, 5.41) is 12.2. The van der Waals surface area contributed by atoms with E-state index in [-0.39, 0.29) is 6.03 Å². The summed E-state index contributed by atoms with van der Waals surface area (Å²) < 4.78 is 4.92. The summed E-state index contributed by atoms with van der Waals surface area (Å²) in [7, 11) is 1.63. The number of nitrogens with one attached hydrogen (secondary N) is 1. The van der Waals surface area contributed by atoms with Crippen LogP contribution in [0.1, 0.15) is 39.0 Å². The number of rotatable bonds is 7. The first-order chi connectivity index (χ1) is 9.55. The molecule has 2 amide bonds. The van der Waals surface area contributed by atoms with Crippen LogP contribution in [0.3, 0.4) is 0 Å². The second kappa shape index (κ2) is 8.09. The lowest BCUT2D eigenvalue weighted by Crippen LogP contribution is -2.49. The Bertz CT molecular complexity index is 325. The molecular weight excluding hydrogens is 260 g/mol. The Morgan fingerprint density at radius 1 is 1.35 bits per heavy atom. The number of methoxy groups -OCH3 is 1. The maximum absolute atomic E-state index is 11.9. The second-order valence-electron chi connectivity index (χ2n) is 5.40. The van der Waals surface area contributed by atoms with Crippen molar-refractivity contribution in [1.29, 1.82) is 0 Å². The molecule has 1 rings (SSSR count). The van der Waals surface area contributed by atoms with Crippen LogP contribution < -0.4 is 5.32 Å². The molecule has 0 aromatic carbocycles. The van der Waals surface area contributed by atoms with Gasteiger partial charge in [0.2, 0.25) is 0 Å². The highest BCUT2D eigenvalue weighted by Gasteiger charge is 2.41. The van der Waals surface area contributed by atoms with Gasteiger partial charge < -0.3 is 20.1 Å². The van der Waals surface area contributed by atoms with Gasteiger partial charge in [-0.25, -0.2) is 4.79 Å². The molecule has 0 saturated carbocycles. The van der Waals surface area contributed by atoms with Gasteiger partial charge >= 0.3 is 12.0 Å². The lowest BCUT2D eigenvalue weighted by molar-refractivity contribution is -0.152. The van der Waals surface area contributed by atoms with Gasteiger partial charge in [0.05, 0.1) is 5.41 Å². The number of aliphatic carboxylic acids is 1. The summed E-state index contributed by atoms with van der Waals surface area (Å²) in [6.45, 7) is 4.24. The fourth-order valence-corrected chi connectivity index (χ4v) is 2.71. The fourth-order valence-electron chi connectivity index (χ4n) is 2.71. The molecule has 0 aromatic heterocycles. The summed E-state index contributed by atoms with van der Waals surface area (Å²) in [6, 6.07) is -0.100. The van der Waals surface area contributed by atoms with E-state index in [0.29, 0.717) is 45.5 Å². The van der Waals surface area contributed by atoms with E-state index in [2.05, 4.69) is 5.32 Å². The van der Waals surface area contributed by atoms with E-state index in [1.807, 2.05) is 6.92 Å². The van der Waals surface area contributed by atoms with Crippen LogP contribution in [-0.2, 0) is 9.53 Å². The Kier molecular flexibility index (Phi) is 6.78. The number of amides is 2. The molecule has 1 heterocycles. The number of hydrogen-bond acceptors (Lipinski definition) is 3. The lowest BCUT2D eigenvalue weighted by Gasteiger charge is -2.38. The van der Waals surface area contributed by atoms with Gasteiger partial charge in [-0.2, -0.15) is 0 Å². The summed E-state index contributed by atoms with van der Waals surface area (Å²) in [6.07, 6.45) is 3.41. The molecule has 0 atom stereocenters. The number of carboxylic acids is 1. The molecule has 0 aromatic rings. The minimum Gasteiger partial charge on any atom is -0.481 e. The molecule has 6 nitrogen and oxygen atoms in total. The van der Waals surface area contributed by atoms with Crippen molar-refractivity contribution in [1.82, 2.24) is 10.2 Å². The quantitative estimate of drug-likeness (QED) is 0.698. The topological polar surface area (TPSA) is 78.9 Å². The lowest BCUT2D eigenvalue weighted by atomic mass is 9.75. The van der Waals surface area contributed by atoms with Gasteiger partial charge in [0.25, 0.3) is 0 Å². The first-order valence-electron chi connectivity index (χ1n) is 7.31. The standard InChI is InChI=1S/C14H26N2O4/c1-3-5-14(12(17)18)6-9-16(10-7-14)13(19)15-8-4-11-20-2/h3-11H2,1-2H3,(H,15,19)(H,17,18). The zero-order chi connectivity index (χ0) is 15.0. The van der Waals surface area contributed by atoms with Crippen LogP contribution in [0.5, 0.6) is 0 Å². The van der Waals surface area contributed by atoms with E-state index in [9.17, 15) is 14.7 Å². The highest BCUT2D eigenvalue weighted by atomic mass is 16.5. The molecule has 1 saturated heterocycles. The van der Waals surface area contributed by atoms with Crippen LogP contribution >= 0.6 is 0 Å². The highest BCUT2D eigenvalue weighted by Crippen LogP contribution is 2.36. The number of hydrogen-bond donors (Lipinski definition) is 2. The number of carbonyl (C=O) groups is 2. The molecule has 0 unspecified atom stereocenters. The highest BCUT2D eigenvalue weighted by molar-refractivity contribution is 5.77. The summed E-state index contributed by atoms with van der Waals surface area (Å²) in [5.74, 6) is -0.723. The minimum absolute atomic E-state index is 0.100. The van der Waals surface area contributed by atoms with Gasteiger partial charge in [0.15, 0.2) is 0 Å². The van der Waals surface area contributed by atoms with Gasteiger partial charge in [-0.05, 0) is 25.7 Å². The van der Waals surface area contributed by atoms with Gasteiger partial charge in [-0.15, -0.1) is 0 Å². The van der Waals surface area contributed by atoms with Crippen LogP contribution in [0.25, 0.3) is 0 Å². The zero-order valence-electron chi connectivity index (χ0n) is 12.5. The summed E-state index contributed by atoms with van der Waals surface area (Å²) in [5.41, 5.74) is -0.637. The van der Waals surface area contributed by atoms with Gasteiger partial charge in [0, 0.05) is 33.4 Å². The van der Waals surface area contributed by atoms with Crippen LogP contribution in [0.4, 0.5) is 4.79 Å². The molecule has 116 valence electrons. The number of carboxylic acid groups (broad SMARTS) is 1. The molecule has 0 bridgehead atoms. The second-order valence-corrected chi connectivity index (χ2v) is 5.40. The number of likely N-dealkylation sites (tertiary alicyclic amines) is 1. The third-order valence-corrected chi connectivity index (χ3v) is 3.99. The van der Waals surface area contributed by atoms with Crippen LogP contribution in [0.15, 0.2) is 0 Å². The van der Waals surface area contributed by atoms with E-state index in [0.717, 1.165) is 12.8 Å². The van der Waals surface area contributed by atoms with Crippen molar-refractivity contribution in [2.45, 2.75) is 39.0 Å². The smallest absolute Gasteiger partial charge is 0.317 e. The van der Waals surface area contributed by atoms with Crippen LogP contribution in [-0.4, -0.2) is 55.4 Å². The first-order valence-corrected chi connectivity index (χ1v) is 7.31. The normalized spacial score (nSPS) is 17.8. The zero-order valence-corrected chi connectivity index (χ0v) is 12.5. The van der Waals surface area contributed by atoms with Crippen molar-refractivity contribution in [3.63, 3.8) is 0 Å². The summed E-state index contributed by atoms with van der Waals surface area (Å²) in [4.78, 5) is 25.1. The SMILES string of the molecule is CCCC1(C(=O)O)CCN(C(=O)NCCCOC)CC1. The number of urea groups is 1. The summed E-state index contributed by atoms with van der Waals surface area (Å²) >= 11 is 0. The van der Waals surface area contributed by atoms with E-state index >= 15 is 0 Å². The Labute approximate surface area is 120 Å². The van der Waals surface area contributed by atoms with E-state index in [1.54, 1.807) is 12.0 Å². The Hall–Kier alpha value is -1.30. The Morgan fingerprint density at radius 2 is 2.00 bits per heavy atom. The van der Waals surface area contributed by atoms with Crippen molar-refractivity contribution < 1.29 is 19.4 Å². The molecule has 1 aliphatic rings. The van der Waals surface area contributed by atoms with E-state index in [4.69, 9.17) is 4.74 Å². The third kappa shape index (κ3) is 4.37. The van der Waals surface area contributed by atoms with Crippen molar-refractivity contribution in [3.8, 4) is 0 Å². The van der Waals surface area contributed by atoms with E-state index in [1.165, 1.54) is 0 Å². The monoisotopic (exact) mass is 286 g/mol. The van der Waals surface area contributed by atoms with E-state index < -0.39 is 11.4 Å². The Balaban J connectivity index is 2.40. The average molecular weight is 286 g/mol. The van der Waals surface area contributed by atoms with Crippen LogP contribution in [0, 0.1) is 5.41 Å². The molecular formula is C14H26N2O4. The molecule has 0 radical (unpaired) electrons. The van der Waals surface area contributed by atoms with Gasteiger partial charge in [-0.1, -0.05) is 13.3 Å². The Morgan fingerprint density at radius 3 is 2.50 bits per heavy atom. The molecule has 0 spiro atoms. The van der Waals surface area contributed by atoms with Gasteiger partial charge in [-0.3, -0.25) is 4.79 Å². The predicted octanol–water partition coefficient (Wildman–Crippen LogP) is 1.70. The van der Waals surface area contributed by atoms with Crippen molar-refractivity contribution in [2.24, 2.45) is 5.41 Å². The van der Waals surface area contributed by atoms with Gasteiger partial charge in [0.1, 0.15) is 0 Å². The predicted molar refractivity (Wildman–Crippen MR) is 75.7 cm³/mol. The molecule has 1 fully saturated rings. The third-order valence-electron chi connectivity index (χ3n) is 3.99. The van der Waals surface area contributed by atoms with Crippen molar-refractivity contribution >= 4 is 12.0 Å². The molecule has 20 heavy (non-hydrogen) atoms. The number of ether oxygens (including phenoxy) is 1. The maximum Gasteiger partial charge on any atom is 0.317 e. The molecule has 2 N–H and O–H groups in total.